The second-order valence-corrected chi connectivity index (χ2v) is 5.59. The molecule has 1 aromatic carbocycles. The van der Waals surface area contributed by atoms with Gasteiger partial charge in [-0.05, 0) is 24.1 Å². The van der Waals surface area contributed by atoms with E-state index in [1.54, 1.807) is 0 Å². The maximum Gasteiger partial charge on any atom is 0.441 e. The lowest BCUT2D eigenvalue weighted by molar-refractivity contribution is -0.0328. The molecule has 1 atom stereocenters. The van der Waals surface area contributed by atoms with Gasteiger partial charge in [-0.1, -0.05) is 39.8 Å². The summed E-state index contributed by atoms with van der Waals surface area (Å²) in [5, 5.41) is 9.18. The number of halogens is 4. The van der Waals surface area contributed by atoms with E-state index >= 15 is 0 Å². The number of aliphatic hydroxyl groups is 1. The zero-order valence-electron chi connectivity index (χ0n) is 8.88. The molecule has 1 N–H and O–H groups in total. The van der Waals surface area contributed by atoms with E-state index < -0.39 is 5.51 Å². The lowest BCUT2D eigenvalue weighted by atomic mass is 9.98. The van der Waals surface area contributed by atoms with Gasteiger partial charge >= 0.3 is 5.51 Å². The number of rotatable bonds is 5. The summed E-state index contributed by atoms with van der Waals surface area (Å²) in [5.41, 5.74) is -3.34. The van der Waals surface area contributed by atoms with E-state index in [9.17, 15) is 18.3 Å². The Morgan fingerprint density at radius 1 is 1.24 bits per heavy atom. The molecule has 0 spiro atoms. The van der Waals surface area contributed by atoms with Crippen LogP contribution in [0.25, 0.3) is 0 Å². The standard InChI is InChI=1S/C11H12BrF3OS/c12-10-3-1-8(2-4-10)9(7-16)5-6-17-11(13,14)15/h1-4,9,16H,5-7H2. The maximum atomic E-state index is 12.0. The van der Waals surface area contributed by atoms with Crippen molar-refractivity contribution in [1.82, 2.24) is 0 Å². The largest absolute Gasteiger partial charge is 0.441 e. The summed E-state index contributed by atoms with van der Waals surface area (Å²) in [7, 11) is 0. The van der Waals surface area contributed by atoms with E-state index in [0.717, 1.165) is 10.0 Å². The summed E-state index contributed by atoms with van der Waals surface area (Å²) in [6, 6.07) is 7.25. The summed E-state index contributed by atoms with van der Waals surface area (Å²) in [6.07, 6.45) is 0.308. The van der Waals surface area contributed by atoms with Crippen LogP contribution in [-0.2, 0) is 0 Å². The SMILES string of the molecule is OCC(CCSC(F)(F)F)c1ccc(Br)cc1. The molecule has 1 nitrogen and oxygen atoms in total. The fourth-order valence-corrected chi connectivity index (χ4v) is 2.31. The van der Waals surface area contributed by atoms with E-state index in [1.807, 2.05) is 24.3 Å². The van der Waals surface area contributed by atoms with Crippen molar-refractivity contribution in [3.8, 4) is 0 Å². The van der Waals surface area contributed by atoms with Gasteiger partial charge in [-0.25, -0.2) is 0 Å². The second kappa shape index (κ2) is 6.66. The van der Waals surface area contributed by atoms with Crippen LogP contribution in [0.4, 0.5) is 13.2 Å². The molecule has 0 aliphatic heterocycles. The van der Waals surface area contributed by atoms with Crippen molar-refractivity contribution in [2.75, 3.05) is 12.4 Å². The third kappa shape index (κ3) is 5.79. The summed E-state index contributed by atoms with van der Waals surface area (Å²) in [4.78, 5) is 0. The molecule has 6 heteroatoms. The molecule has 0 amide bonds. The Kier molecular flexibility index (Phi) is 5.82. The van der Waals surface area contributed by atoms with Gasteiger partial charge in [0.25, 0.3) is 0 Å². The van der Waals surface area contributed by atoms with Gasteiger partial charge < -0.3 is 5.11 Å². The first kappa shape index (κ1) is 14.9. The molecule has 0 aromatic heterocycles. The van der Waals surface area contributed by atoms with E-state index in [4.69, 9.17) is 0 Å². The van der Waals surface area contributed by atoms with Crippen molar-refractivity contribution >= 4 is 27.7 Å². The minimum absolute atomic E-state index is 0.0369. The monoisotopic (exact) mass is 328 g/mol. The summed E-state index contributed by atoms with van der Waals surface area (Å²) >= 11 is 3.23. The molecule has 0 saturated heterocycles. The normalized spacial score (nSPS) is 13.7. The van der Waals surface area contributed by atoms with Gasteiger partial charge in [0.15, 0.2) is 0 Å². The van der Waals surface area contributed by atoms with Gasteiger partial charge in [0.05, 0.1) is 0 Å². The highest BCUT2D eigenvalue weighted by atomic mass is 79.9. The highest BCUT2D eigenvalue weighted by Gasteiger charge is 2.28. The van der Waals surface area contributed by atoms with Crippen molar-refractivity contribution in [3.63, 3.8) is 0 Å². The van der Waals surface area contributed by atoms with Crippen molar-refractivity contribution in [1.29, 1.82) is 0 Å². The Labute approximate surface area is 111 Å². The van der Waals surface area contributed by atoms with Crippen molar-refractivity contribution in [2.24, 2.45) is 0 Å². The molecule has 0 aliphatic carbocycles. The maximum absolute atomic E-state index is 12.0. The molecule has 0 radical (unpaired) electrons. The highest BCUT2D eigenvalue weighted by Crippen LogP contribution is 2.32. The van der Waals surface area contributed by atoms with E-state index in [0.29, 0.717) is 6.42 Å². The molecule has 1 unspecified atom stereocenters. The molecule has 1 aromatic rings. The fourth-order valence-electron chi connectivity index (χ4n) is 1.42. The first-order chi connectivity index (χ1) is 7.92. The van der Waals surface area contributed by atoms with Crippen LogP contribution in [0.2, 0.25) is 0 Å². The van der Waals surface area contributed by atoms with Gasteiger partial charge in [-0.2, -0.15) is 13.2 Å². The summed E-state index contributed by atoms with van der Waals surface area (Å²) in [5.74, 6) is -0.275. The van der Waals surface area contributed by atoms with E-state index in [-0.39, 0.29) is 30.0 Å². The Hall–Kier alpha value is -0.200. The van der Waals surface area contributed by atoms with Crippen molar-refractivity contribution in [3.05, 3.63) is 34.3 Å². The number of alkyl halides is 3. The summed E-state index contributed by atoms with van der Waals surface area (Å²) < 4.78 is 36.8. The smallest absolute Gasteiger partial charge is 0.396 e. The van der Waals surface area contributed by atoms with Gasteiger partial charge in [0, 0.05) is 22.8 Å². The number of benzene rings is 1. The fraction of sp³-hybridized carbons (Fsp3) is 0.455. The third-order valence-corrected chi connectivity index (χ3v) is 3.59. The summed E-state index contributed by atoms with van der Waals surface area (Å²) in [6.45, 7) is -0.139. The molecule has 0 bridgehead atoms. The van der Waals surface area contributed by atoms with E-state index in [2.05, 4.69) is 15.9 Å². The number of aliphatic hydroxyl groups excluding tert-OH is 1. The van der Waals surface area contributed by atoms with Crippen LogP contribution in [-0.4, -0.2) is 23.0 Å². The Bertz CT molecular complexity index is 340. The van der Waals surface area contributed by atoms with Crippen LogP contribution in [0, 0.1) is 0 Å². The Morgan fingerprint density at radius 2 is 1.82 bits per heavy atom. The van der Waals surface area contributed by atoms with Crippen molar-refractivity contribution in [2.45, 2.75) is 17.8 Å². The molecule has 1 rings (SSSR count). The van der Waals surface area contributed by atoms with Gasteiger partial charge in [-0.15, -0.1) is 0 Å². The second-order valence-electron chi connectivity index (χ2n) is 3.51. The first-order valence-corrected chi connectivity index (χ1v) is 6.77. The zero-order valence-corrected chi connectivity index (χ0v) is 11.3. The zero-order chi connectivity index (χ0) is 12.9. The predicted octanol–water partition coefficient (Wildman–Crippen LogP) is 4.17. The van der Waals surface area contributed by atoms with Crippen LogP contribution in [0.3, 0.4) is 0 Å². The highest BCUT2D eigenvalue weighted by molar-refractivity contribution is 9.10. The van der Waals surface area contributed by atoms with Crippen LogP contribution in [0.15, 0.2) is 28.7 Å². The third-order valence-electron chi connectivity index (χ3n) is 2.29. The first-order valence-electron chi connectivity index (χ1n) is 4.99. The predicted molar refractivity (Wildman–Crippen MR) is 67.1 cm³/mol. The molecule has 0 fully saturated rings. The minimum atomic E-state index is -4.19. The Balaban J connectivity index is 2.51. The number of hydrogen-bond donors (Lipinski definition) is 1. The topological polar surface area (TPSA) is 20.2 Å². The quantitative estimate of drug-likeness (QED) is 0.875. The van der Waals surface area contributed by atoms with Crippen LogP contribution in [0.5, 0.6) is 0 Å². The van der Waals surface area contributed by atoms with Gasteiger partial charge in [-0.3, -0.25) is 0 Å². The van der Waals surface area contributed by atoms with Gasteiger partial charge in [0.2, 0.25) is 0 Å². The van der Waals surface area contributed by atoms with Gasteiger partial charge in [0.1, 0.15) is 0 Å². The lowest BCUT2D eigenvalue weighted by Crippen LogP contribution is -2.08. The molecule has 96 valence electrons. The van der Waals surface area contributed by atoms with E-state index in [1.165, 1.54) is 0 Å². The number of thioether (sulfide) groups is 1. The van der Waals surface area contributed by atoms with Crippen LogP contribution in [0.1, 0.15) is 17.9 Å². The minimum Gasteiger partial charge on any atom is -0.396 e. The van der Waals surface area contributed by atoms with Crippen LogP contribution < -0.4 is 0 Å². The molecular formula is C11H12BrF3OS. The average Bonchev–Trinajstić information content (AvgIpc) is 2.24. The number of hydrogen-bond acceptors (Lipinski definition) is 2. The Morgan fingerprint density at radius 3 is 2.29 bits per heavy atom. The molecule has 17 heavy (non-hydrogen) atoms. The molecular weight excluding hydrogens is 317 g/mol. The molecule has 0 aliphatic rings. The molecule has 0 saturated carbocycles. The van der Waals surface area contributed by atoms with Crippen LogP contribution >= 0.6 is 27.7 Å². The van der Waals surface area contributed by atoms with Crippen molar-refractivity contribution < 1.29 is 18.3 Å². The lowest BCUT2D eigenvalue weighted by Gasteiger charge is -2.15. The average molecular weight is 329 g/mol. The molecule has 0 heterocycles.